The Labute approximate surface area is 252 Å². The van der Waals surface area contributed by atoms with Crippen molar-refractivity contribution in [2.75, 3.05) is 19.8 Å². The number of fused-ring (bicyclic) bond motifs is 2. The maximum absolute atomic E-state index is 13.6. The van der Waals surface area contributed by atoms with Crippen LogP contribution in [0.4, 0.5) is 0 Å². The molecule has 0 N–H and O–H groups in total. The molecule has 2 heterocycles. The quantitative estimate of drug-likeness (QED) is 0.218. The molecule has 0 aliphatic carbocycles. The van der Waals surface area contributed by atoms with E-state index in [1.165, 1.54) is 25.1 Å². The van der Waals surface area contributed by atoms with Crippen LogP contribution in [0.3, 0.4) is 0 Å². The molecule has 2 fully saturated rings. The second-order valence-electron chi connectivity index (χ2n) is 10.0. The number of hydrogen-bond donors (Lipinski definition) is 0. The van der Waals surface area contributed by atoms with E-state index in [0.717, 1.165) is 20.8 Å². The van der Waals surface area contributed by atoms with Crippen LogP contribution in [0, 0.1) is 0 Å². The maximum Gasteiger partial charge on any atom is 0.303 e. The zero-order chi connectivity index (χ0) is 31.5. The van der Waals surface area contributed by atoms with Gasteiger partial charge in [0.25, 0.3) is 0 Å². The summed E-state index contributed by atoms with van der Waals surface area (Å²) in [6.07, 6.45) is -4.44. The molecule has 2 aliphatic rings. The number of hydrogen-bond acceptors (Lipinski definition) is 12. The SMILES string of the molecule is CCOc1ccc(C(=O)c2cc(C34OCC(COC(C)=O)(O3)C(OC(C)=O)C(OC(C)=O)C4OC(C)=O)ccc2Cl)cc1. The van der Waals surface area contributed by atoms with E-state index in [0.29, 0.717) is 17.9 Å². The molecule has 13 heteroatoms. The molecular formula is C30H31ClO12. The van der Waals surface area contributed by atoms with Gasteiger partial charge in [0, 0.05) is 44.4 Å². The molecule has 12 nitrogen and oxygen atoms in total. The van der Waals surface area contributed by atoms with Crippen LogP contribution >= 0.6 is 11.6 Å². The van der Waals surface area contributed by atoms with E-state index in [4.69, 9.17) is 44.8 Å². The standard InChI is InChI=1S/C30H31ClO12/c1-6-37-22-10-7-20(8-11-22)25(36)23-13-21(9-12-24(23)31)30-28(42-19(5)35)26(40-17(3)33)27(41-18(4)34)29(43-30,15-39-30)14-38-16(2)32/h7-13,26-28H,6,14-15H2,1-5H3. The Kier molecular flexibility index (Phi) is 9.43. The van der Waals surface area contributed by atoms with E-state index >= 15 is 0 Å². The lowest BCUT2D eigenvalue weighted by Crippen LogP contribution is -2.68. The molecule has 5 unspecified atom stereocenters. The average Bonchev–Trinajstić information content (AvgIpc) is 3.30. The third kappa shape index (κ3) is 6.51. The first-order valence-electron chi connectivity index (χ1n) is 13.4. The van der Waals surface area contributed by atoms with Gasteiger partial charge in [-0.25, -0.2) is 0 Å². The summed E-state index contributed by atoms with van der Waals surface area (Å²) < 4.78 is 40.1. The number of carbonyl (C=O) groups is 5. The number of ether oxygens (including phenoxy) is 7. The zero-order valence-electron chi connectivity index (χ0n) is 24.2. The van der Waals surface area contributed by atoms with Gasteiger partial charge in [0.15, 0.2) is 23.6 Å². The lowest BCUT2D eigenvalue weighted by atomic mass is 9.82. The first-order chi connectivity index (χ1) is 20.3. The summed E-state index contributed by atoms with van der Waals surface area (Å²) in [6.45, 7) is 6.02. The summed E-state index contributed by atoms with van der Waals surface area (Å²) in [5.74, 6) is -4.90. The summed E-state index contributed by atoms with van der Waals surface area (Å²) in [5.41, 5.74) is -1.16. The van der Waals surface area contributed by atoms with Crippen molar-refractivity contribution in [3.8, 4) is 5.75 Å². The van der Waals surface area contributed by atoms with Crippen LogP contribution in [-0.2, 0) is 53.4 Å². The molecule has 230 valence electrons. The van der Waals surface area contributed by atoms with Crippen LogP contribution in [0.15, 0.2) is 42.5 Å². The summed E-state index contributed by atoms with van der Waals surface area (Å²) >= 11 is 6.47. The van der Waals surface area contributed by atoms with Gasteiger partial charge in [-0.05, 0) is 43.3 Å². The molecule has 2 bridgehead atoms. The Bertz CT molecular complexity index is 1420. The van der Waals surface area contributed by atoms with Crippen LogP contribution < -0.4 is 4.74 Å². The van der Waals surface area contributed by atoms with Gasteiger partial charge >= 0.3 is 23.9 Å². The summed E-state index contributed by atoms with van der Waals surface area (Å²) in [7, 11) is 0. The Balaban J connectivity index is 1.86. The molecule has 2 aromatic carbocycles. The highest BCUT2D eigenvalue weighted by atomic mass is 35.5. The predicted molar refractivity (Wildman–Crippen MR) is 147 cm³/mol. The number of esters is 4. The van der Waals surface area contributed by atoms with E-state index in [1.54, 1.807) is 24.3 Å². The molecule has 0 spiro atoms. The monoisotopic (exact) mass is 618 g/mol. The highest BCUT2D eigenvalue weighted by Crippen LogP contribution is 2.53. The minimum Gasteiger partial charge on any atom is -0.494 e. The Morgan fingerprint density at radius 2 is 1.49 bits per heavy atom. The van der Waals surface area contributed by atoms with Crippen molar-refractivity contribution >= 4 is 41.3 Å². The van der Waals surface area contributed by atoms with Crippen molar-refractivity contribution in [2.24, 2.45) is 0 Å². The molecule has 0 saturated carbocycles. The second kappa shape index (κ2) is 12.7. The third-order valence-electron chi connectivity index (χ3n) is 6.82. The van der Waals surface area contributed by atoms with E-state index in [-0.39, 0.29) is 22.8 Å². The fourth-order valence-electron chi connectivity index (χ4n) is 5.16. The first kappa shape index (κ1) is 31.9. The predicted octanol–water partition coefficient (Wildman–Crippen LogP) is 3.28. The van der Waals surface area contributed by atoms with Gasteiger partial charge in [0.05, 0.1) is 18.2 Å². The smallest absolute Gasteiger partial charge is 0.303 e. The molecule has 43 heavy (non-hydrogen) atoms. The maximum atomic E-state index is 13.6. The summed E-state index contributed by atoms with van der Waals surface area (Å²) in [5, 5.41) is 0.109. The zero-order valence-corrected chi connectivity index (χ0v) is 24.9. The number of rotatable bonds is 10. The average molecular weight is 619 g/mol. The molecule has 4 rings (SSSR count). The Hall–Kier alpha value is -4.00. The fourth-order valence-corrected chi connectivity index (χ4v) is 5.36. The molecule has 2 saturated heterocycles. The molecule has 0 amide bonds. The number of ketones is 1. The van der Waals surface area contributed by atoms with Crippen molar-refractivity contribution in [3.05, 3.63) is 64.2 Å². The van der Waals surface area contributed by atoms with E-state index in [1.807, 2.05) is 6.92 Å². The van der Waals surface area contributed by atoms with Gasteiger partial charge in [-0.3, -0.25) is 24.0 Å². The topological polar surface area (TPSA) is 150 Å². The summed E-state index contributed by atoms with van der Waals surface area (Å²) in [6, 6.07) is 10.8. The van der Waals surface area contributed by atoms with E-state index < -0.39 is 66.0 Å². The minimum absolute atomic E-state index is 0.0649. The van der Waals surface area contributed by atoms with Crippen molar-refractivity contribution in [1.29, 1.82) is 0 Å². The van der Waals surface area contributed by atoms with Crippen molar-refractivity contribution < 1.29 is 57.1 Å². The molecular weight excluding hydrogens is 588 g/mol. The van der Waals surface area contributed by atoms with Crippen molar-refractivity contribution in [3.63, 3.8) is 0 Å². The third-order valence-corrected chi connectivity index (χ3v) is 7.15. The Morgan fingerprint density at radius 1 is 0.860 bits per heavy atom. The molecule has 2 aliphatic heterocycles. The minimum atomic E-state index is -2.01. The van der Waals surface area contributed by atoms with Crippen LogP contribution in [0.2, 0.25) is 5.02 Å². The summed E-state index contributed by atoms with van der Waals surface area (Å²) in [4.78, 5) is 62.2. The van der Waals surface area contributed by atoms with Gasteiger partial charge in [0.2, 0.25) is 11.9 Å². The van der Waals surface area contributed by atoms with Crippen molar-refractivity contribution in [2.45, 2.75) is 64.3 Å². The number of benzene rings is 2. The number of carbonyl (C=O) groups excluding carboxylic acids is 5. The van der Waals surface area contributed by atoms with Crippen LogP contribution in [0.1, 0.15) is 56.1 Å². The van der Waals surface area contributed by atoms with Gasteiger partial charge < -0.3 is 33.2 Å². The molecule has 2 aromatic rings. The molecule has 0 radical (unpaired) electrons. The Morgan fingerprint density at radius 3 is 2.07 bits per heavy atom. The second-order valence-corrected chi connectivity index (χ2v) is 10.4. The van der Waals surface area contributed by atoms with Gasteiger partial charge in [-0.2, -0.15) is 0 Å². The first-order valence-corrected chi connectivity index (χ1v) is 13.8. The van der Waals surface area contributed by atoms with Crippen LogP contribution in [0.5, 0.6) is 5.75 Å². The molecule has 0 aromatic heterocycles. The fraction of sp³-hybridized carbons (Fsp3) is 0.433. The van der Waals surface area contributed by atoms with E-state index in [2.05, 4.69) is 0 Å². The van der Waals surface area contributed by atoms with Crippen LogP contribution in [-0.4, -0.2) is 73.4 Å². The van der Waals surface area contributed by atoms with Gasteiger partial charge in [-0.1, -0.05) is 17.7 Å². The highest BCUT2D eigenvalue weighted by Gasteiger charge is 2.72. The normalized spacial score (nSPS) is 25.8. The lowest BCUT2D eigenvalue weighted by molar-refractivity contribution is -0.334. The van der Waals surface area contributed by atoms with Crippen molar-refractivity contribution in [1.82, 2.24) is 0 Å². The van der Waals surface area contributed by atoms with Crippen LogP contribution in [0.25, 0.3) is 0 Å². The number of halogens is 1. The van der Waals surface area contributed by atoms with Gasteiger partial charge in [-0.15, -0.1) is 0 Å². The van der Waals surface area contributed by atoms with E-state index in [9.17, 15) is 24.0 Å². The van der Waals surface area contributed by atoms with Gasteiger partial charge in [0.1, 0.15) is 12.4 Å². The lowest BCUT2D eigenvalue weighted by Gasteiger charge is -2.49. The molecule has 5 atom stereocenters. The largest absolute Gasteiger partial charge is 0.494 e. The highest BCUT2D eigenvalue weighted by molar-refractivity contribution is 6.35.